The van der Waals surface area contributed by atoms with Crippen LogP contribution >= 0.6 is 0 Å². The molecule has 6 heteroatoms. The molecule has 2 fully saturated rings. The predicted octanol–water partition coefficient (Wildman–Crippen LogP) is -0.615. The molecule has 3 N–H and O–H groups in total. The highest BCUT2D eigenvalue weighted by Crippen LogP contribution is 2.48. The molecule has 0 aromatic heterocycles. The minimum Gasteiger partial charge on any atom is -0.393 e. The highest BCUT2D eigenvalue weighted by Gasteiger charge is 2.44. The van der Waals surface area contributed by atoms with Gasteiger partial charge in [0, 0.05) is 6.54 Å². The lowest BCUT2D eigenvalue weighted by Gasteiger charge is -2.24. The van der Waals surface area contributed by atoms with Crippen molar-refractivity contribution in [3.63, 3.8) is 0 Å². The second-order valence-electron chi connectivity index (χ2n) is 5.53. The van der Waals surface area contributed by atoms with Crippen molar-refractivity contribution in [1.29, 1.82) is 0 Å². The van der Waals surface area contributed by atoms with Crippen LogP contribution in [0.1, 0.15) is 25.7 Å². The van der Waals surface area contributed by atoms with Crippen LogP contribution in [0.2, 0.25) is 0 Å². The maximum Gasteiger partial charge on any atom is 0.268 e. The fraction of sp³-hybridized carbons (Fsp3) is 0.750. The van der Waals surface area contributed by atoms with Gasteiger partial charge in [-0.1, -0.05) is 0 Å². The van der Waals surface area contributed by atoms with Gasteiger partial charge in [0.1, 0.15) is 5.71 Å². The van der Waals surface area contributed by atoms with Gasteiger partial charge in [0.2, 0.25) is 5.91 Å². The van der Waals surface area contributed by atoms with Gasteiger partial charge < -0.3 is 10.4 Å². The monoisotopic (exact) mass is 251 g/mol. The van der Waals surface area contributed by atoms with E-state index in [1.807, 2.05) is 0 Å². The maximum absolute atomic E-state index is 11.7. The number of nitrogens with zero attached hydrogens (tertiary/aromatic N) is 1. The third kappa shape index (κ3) is 2.01. The predicted molar refractivity (Wildman–Crippen MR) is 63.5 cm³/mol. The van der Waals surface area contributed by atoms with Gasteiger partial charge in [-0.15, -0.1) is 0 Å². The Hall–Kier alpha value is -1.43. The fourth-order valence-electron chi connectivity index (χ4n) is 3.43. The summed E-state index contributed by atoms with van der Waals surface area (Å²) in [6.07, 6.45) is 2.88. The molecular weight excluding hydrogens is 234 g/mol. The summed E-state index contributed by atoms with van der Waals surface area (Å²) in [6.45, 7) is 0.625. The van der Waals surface area contributed by atoms with E-state index in [1.165, 1.54) is 0 Å². The van der Waals surface area contributed by atoms with E-state index >= 15 is 0 Å². The fourth-order valence-corrected chi connectivity index (χ4v) is 3.43. The lowest BCUT2D eigenvalue weighted by molar-refractivity contribution is -0.120. The lowest BCUT2D eigenvalue weighted by atomic mass is 9.87. The zero-order chi connectivity index (χ0) is 12.7. The highest BCUT2D eigenvalue weighted by atomic mass is 16.3. The van der Waals surface area contributed by atoms with Gasteiger partial charge in [-0.25, -0.2) is 5.43 Å². The lowest BCUT2D eigenvalue weighted by Crippen LogP contribution is -2.37. The van der Waals surface area contributed by atoms with Gasteiger partial charge >= 0.3 is 0 Å². The van der Waals surface area contributed by atoms with E-state index in [0.717, 1.165) is 19.3 Å². The van der Waals surface area contributed by atoms with Crippen LogP contribution in [0.15, 0.2) is 5.10 Å². The summed E-state index contributed by atoms with van der Waals surface area (Å²) in [5.74, 6) is 0.937. The summed E-state index contributed by atoms with van der Waals surface area (Å²) in [6, 6.07) is 0. The van der Waals surface area contributed by atoms with Crippen LogP contribution in [-0.4, -0.2) is 35.3 Å². The van der Waals surface area contributed by atoms with Crippen LogP contribution in [-0.2, 0) is 9.59 Å². The Balaban J connectivity index is 1.48. The Labute approximate surface area is 105 Å². The van der Waals surface area contributed by atoms with Gasteiger partial charge in [-0.3, -0.25) is 9.59 Å². The molecule has 98 valence electrons. The molecule has 2 saturated carbocycles. The van der Waals surface area contributed by atoms with Crippen LogP contribution < -0.4 is 10.7 Å². The number of hydrogen-bond acceptors (Lipinski definition) is 4. The summed E-state index contributed by atoms with van der Waals surface area (Å²) >= 11 is 0. The van der Waals surface area contributed by atoms with E-state index in [4.69, 9.17) is 0 Å². The number of hydrogen-bond donors (Lipinski definition) is 3. The second-order valence-corrected chi connectivity index (χ2v) is 5.53. The van der Waals surface area contributed by atoms with Crippen molar-refractivity contribution in [1.82, 2.24) is 10.7 Å². The third-order valence-corrected chi connectivity index (χ3v) is 4.40. The smallest absolute Gasteiger partial charge is 0.268 e. The first-order valence-electron chi connectivity index (χ1n) is 6.45. The number of hydrazone groups is 1. The average molecular weight is 251 g/mol. The number of nitrogens with one attached hydrogen (secondary N) is 2. The standard InChI is InChI=1S/C12H17N3O3/c16-10-3-6-1-7(10)2-8(6)5-13-12(18)9-4-11(17)15-14-9/h6-8,10,16H,1-5H2,(H,13,18)(H,15,17)/t6-,7-,8+,10-/m1/s1. The van der Waals surface area contributed by atoms with Crippen LogP contribution in [0.3, 0.4) is 0 Å². The van der Waals surface area contributed by atoms with Crippen molar-refractivity contribution >= 4 is 17.5 Å². The number of aliphatic hydroxyl groups excluding tert-OH is 1. The summed E-state index contributed by atoms with van der Waals surface area (Å²) < 4.78 is 0. The summed E-state index contributed by atoms with van der Waals surface area (Å²) in [4.78, 5) is 22.7. The molecule has 6 nitrogen and oxygen atoms in total. The molecule has 2 amide bonds. The molecule has 2 bridgehead atoms. The van der Waals surface area contributed by atoms with Crippen LogP contribution in [0.25, 0.3) is 0 Å². The molecule has 3 rings (SSSR count). The van der Waals surface area contributed by atoms with E-state index in [2.05, 4.69) is 15.8 Å². The Kier molecular flexibility index (Phi) is 2.81. The van der Waals surface area contributed by atoms with Gasteiger partial charge in [0.15, 0.2) is 0 Å². The van der Waals surface area contributed by atoms with Crippen molar-refractivity contribution in [3.05, 3.63) is 0 Å². The third-order valence-electron chi connectivity index (χ3n) is 4.40. The molecule has 0 saturated heterocycles. The molecule has 1 aliphatic heterocycles. The molecule has 1 heterocycles. The molecule has 18 heavy (non-hydrogen) atoms. The van der Waals surface area contributed by atoms with Crippen molar-refractivity contribution in [2.24, 2.45) is 22.9 Å². The number of rotatable bonds is 3. The second kappa shape index (κ2) is 4.35. The SMILES string of the molecule is O=C1CC(C(=O)NC[C@@H]2C[C@H]3C[C@@H]2C[C@H]3O)=NN1. The van der Waals surface area contributed by atoms with E-state index in [1.54, 1.807) is 0 Å². The maximum atomic E-state index is 11.7. The van der Waals surface area contributed by atoms with Crippen molar-refractivity contribution in [2.75, 3.05) is 6.54 Å². The largest absolute Gasteiger partial charge is 0.393 e. The molecule has 0 aromatic carbocycles. The molecule has 3 aliphatic rings. The molecular formula is C12H17N3O3. The van der Waals surface area contributed by atoms with Crippen LogP contribution in [0, 0.1) is 17.8 Å². The molecule has 0 spiro atoms. The number of amides is 2. The quantitative estimate of drug-likeness (QED) is 0.624. The normalized spacial score (nSPS) is 37.6. The zero-order valence-corrected chi connectivity index (χ0v) is 10.1. The minimum absolute atomic E-state index is 0.0707. The molecule has 0 aromatic rings. The van der Waals surface area contributed by atoms with E-state index in [0.29, 0.717) is 24.3 Å². The Morgan fingerprint density at radius 1 is 1.39 bits per heavy atom. The van der Waals surface area contributed by atoms with Gasteiger partial charge in [0.05, 0.1) is 12.5 Å². The Morgan fingerprint density at radius 3 is 2.78 bits per heavy atom. The van der Waals surface area contributed by atoms with E-state index < -0.39 is 0 Å². The number of fused-ring (bicyclic) bond motifs is 2. The Morgan fingerprint density at radius 2 is 2.22 bits per heavy atom. The van der Waals surface area contributed by atoms with E-state index in [9.17, 15) is 14.7 Å². The van der Waals surface area contributed by atoms with E-state index in [-0.39, 0.29) is 30.1 Å². The summed E-state index contributed by atoms with van der Waals surface area (Å²) in [7, 11) is 0. The molecule has 0 radical (unpaired) electrons. The molecule has 2 aliphatic carbocycles. The Bertz CT molecular complexity index is 419. The van der Waals surface area contributed by atoms with Crippen molar-refractivity contribution in [3.8, 4) is 0 Å². The minimum atomic E-state index is -0.253. The van der Waals surface area contributed by atoms with Gasteiger partial charge in [0.25, 0.3) is 5.91 Å². The van der Waals surface area contributed by atoms with Gasteiger partial charge in [-0.05, 0) is 37.0 Å². The van der Waals surface area contributed by atoms with Gasteiger partial charge in [-0.2, -0.15) is 5.10 Å². The first kappa shape index (κ1) is 11.6. The molecule has 0 unspecified atom stereocenters. The first-order chi connectivity index (χ1) is 8.63. The number of carbonyl (C=O) groups is 2. The average Bonchev–Trinajstić information content (AvgIpc) is 3.00. The summed E-state index contributed by atoms with van der Waals surface area (Å²) in [5, 5.41) is 16.2. The van der Waals surface area contributed by atoms with Crippen LogP contribution in [0.4, 0.5) is 0 Å². The zero-order valence-electron chi connectivity index (χ0n) is 10.1. The first-order valence-corrected chi connectivity index (χ1v) is 6.45. The topological polar surface area (TPSA) is 90.8 Å². The molecule has 4 atom stereocenters. The number of aliphatic hydroxyl groups is 1. The summed E-state index contributed by atoms with van der Waals surface area (Å²) in [5.41, 5.74) is 2.53. The number of carbonyl (C=O) groups excluding carboxylic acids is 2. The van der Waals surface area contributed by atoms with Crippen LogP contribution in [0.5, 0.6) is 0 Å². The van der Waals surface area contributed by atoms with Crippen molar-refractivity contribution < 1.29 is 14.7 Å². The highest BCUT2D eigenvalue weighted by molar-refractivity contribution is 6.43. The van der Waals surface area contributed by atoms with Crippen molar-refractivity contribution in [2.45, 2.75) is 31.8 Å².